The van der Waals surface area contributed by atoms with Gasteiger partial charge in [0.05, 0.1) is 13.2 Å². The maximum absolute atomic E-state index is 12.9. The van der Waals surface area contributed by atoms with E-state index in [2.05, 4.69) is 47.7 Å². The Morgan fingerprint density at radius 3 is 2.70 bits per heavy atom. The van der Waals surface area contributed by atoms with E-state index in [0.717, 1.165) is 69.0 Å². The van der Waals surface area contributed by atoms with Gasteiger partial charge in [-0.25, -0.2) is 4.79 Å². The fourth-order valence-corrected chi connectivity index (χ4v) is 9.04. The molecule has 0 amide bonds. The van der Waals surface area contributed by atoms with Gasteiger partial charge < -0.3 is 25.2 Å². The predicted molar refractivity (Wildman–Crippen MR) is 186 cm³/mol. The minimum absolute atomic E-state index is 0.111. The van der Waals surface area contributed by atoms with Crippen molar-refractivity contribution in [2.24, 2.45) is 17.8 Å². The number of carboxylic acids is 1. The van der Waals surface area contributed by atoms with Crippen LogP contribution in [-0.2, 0) is 23.1 Å². The number of aromatic nitrogens is 1. The number of anilines is 1. The molecule has 7 nitrogen and oxygen atoms in total. The summed E-state index contributed by atoms with van der Waals surface area (Å²) in [7, 11) is 0. The summed E-state index contributed by atoms with van der Waals surface area (Å²) >= 11 is 6.27. The molecule has 1 saturated heterocycles. The van der Waals surface area contributed by atoms with Gasteiger partial charge >= 0.3 is 5.97 Å². The van der Waals surface area contributed by atoms with E-state index in [4.69, 9.17) is 21.1 Å². The number of hydrogen-bond acceptors (Lipinski definition) is 6. The third-order valence-electron chi connectivity index (χ3n) is 11.6. The maximum atomic E-state index is 12.9. The number of nitrogens with one attached hydrogen (secondary N) is 2. The zero-order valence-electron chi connectivity index (χ0n) is 27.7. The number of benzene rings is 2. The minimum atomic E-state index is -1.04. The van der Waals surface area contributed by atoms with Crippen LogP contribution in [0, 0.1) is 17.8 Å². The fraction of sp³-hybridized carbons (Fsp3) is 0.538. The van der Waals surface area contributed by atoms with Gasteiger partial charge in [-0.05, 0) is 128 Å². The Morgan fingerprint density at radius 1 is 1.13 bits per heavy atom. The quantitative estimate of drug-likeness (QED) is 0.194. The molecule has 0 radical (unpaired) electrons. The highest BCUT2D eigenvalue weighted by Gasteiger charge is 2.54. The summed E-state index contributed by atoms with van der Waals surface area (Å²) in [4.78, 5) is 17.6. The number of carboxylic acid groups (broad SMARTS) is 1. The highest BCUT2D eigenvalue weighted by Crippen LogP contribution is 2.57. The third-order valence-corrected chi connectivity index (χ3v) is 11.9. The first-order chi connectivity index (χ1) is 22.7. The molecule has 250 valence electrons. The SMILES string of the molecule is C[C@@H](COc1ccnc2c1[C@H](C)CCC2)C[C@@H]1Cc2ccc(OCC3CNC3)cc2C12CCC(Nc1cccc(Cl)c1)(C(=O)O)CC2. The van der Waals surface area contributed by atoms with Crippen molar-refractivity contribution in [3.8, 4) is 11.5 Å². The van der Waals surface area contributed by atoms with E-state index in [1.54, 1.807) is 0 Å². The second-order valence-electron chi connectivity index (χ2n) is 14.8. The van der Waals surface area contributed by atoms with Gasteiger partial charge in [0.15, 0.2) is 0 Å². The normalized spacial score (nSPS) is 27.4. The van der Waals surface area contributed by atoms with Crippen molar-refractivity contribution in [2.75, 3.05) is 31.6 Å². The number of rotatable bonds is 11. The van der Waals surface area contributed by atoms with Crippen molar-refractivity contribution in [3.05, 3.63) is 82.1 Å². The molecule has 3 aromatic rings. The average Bonchev–Trinajstić information content (AvgIpc) is 3.32. The van der Waals surface area contributed by atoms with Crippen molar-refractivity contribution in [2.45, 2.75) is 88.5 Å². The maximum Gasteiger partial charge on any atom is 0.329 e. The van der Waals surface area contributed by atoms with Crippen molar-refractivity contribution in [3.63, 3.8) is 0 Å². The first kappa shape index (κ1) is 32.3. The molecule has 7 rings (SSSR count). The van der Waals surface area contributed by atoms with Gasteiger partial charge in [-0.3, -0.25) is 4.98 Å². The molecule has 1 aliphatic heterocycles. The molecule has 3 aliphatic carbocycles. The van der Waals surface area contributed by atoms with E-state index < -0.39 is 11.5 Å². The summed E-state index contributed by atoms with van der Waals surface area (Å²) in [6, 6.07) is 16.1. The van der Waals surface area contributed by atoms with Crippen molar-refractivity contribution >= 4 is 23.3 Å². The fourth-order valence-electron chi connectivity index (χ4n) is 8.85. The highest BCUT2D eigenvalue weighted by atomic mass is 35.5. The van der Waals surface area contributed by atoms with E-state index in [1.165, 1.54) is 35.2 Å². The topological polar surface area (TPSA) is 92.7 Å². The molecular weight excluding hydrogens is 610 g/mol. The lowest BCUT2D eigenvalue weighted by atomic mass is 9.59. The third kappa shape index (κ3) is 6.46. The standard InChI is InChI=1S/C39H48ClN3O4/c1-25(23-47-35-11-16-42-34-8-3-5-26(2)36(34)35)17-29-18-28-9-10-32(46-24-27-21-41-22-27)20-33(28)38(29)12-14-39(15-13-38,37(44)45)43-31-7-4-6-30(40)19-31/h4,6-7,9-11,16,19-20,25-27,29,41,43H,3,5,8,12-15,17-18,21-24H2,1-2H3,(H,44,45)/t25-,26-,29-,38?,39?/m1/s1. The molecule has 4 aliphatic rings. The number of nitrogens with zero attached hydrogens (tertiary/aromatic N) is 1. The number of hydrogen-bond donors (Lipinski definition) is 3. The Morgan fingerprint density at radius 2 is 1.96 bits per heavy atom. The van der Waals surface area contributed by atoms with Gasteiger partial charge in [0, 0.05) is 47.2 Å². The van der Waals surface area contributed by atoms with Gasteiger partial charge in [-0.15, -0.1) is 0 Å². The van der Waals surface area contributed by atoms with E-state index >= 15 is 0 Å². The number of pyridine rings is 1. The number of carbonyl (C=O) groups is 1. The Hall–Kier alpha value is -3.29. The summed E-state index contributed by atoms with van der Waals surface area (Å²) in [6.45, 7) is 7.99. The zero-order valence-corrected chi connectivity index (χ0v) is 28.5. The van der Waals surface area contributed by atoms with Crippen LogP contribution in [0.15, 0.2) is 54.7 Å². The monoisotopic (exact) mass is 657 g/mol. The molecule has 2 fully saturated rings. The summed E-state index contributed by atoms with van der Waals surface area (Å²) < 4.78 is 12.9. The molecule has 8 heteroatoms. The van der Waals surface area contributed by atoms with Gasteiger partial charge in [-0.1, -0.05) is 37.6 Å². The van der Waals surface area contributed by atoms with E-state index in [-0.39, 0.29) is 5.41 Å². The second-order valence-corrected chi connectivity index (χ2v) is 15.3. The molecule has 1 aromatic heterocycles. The molecule has 2 aromatic carbocycles. The molecule has 2 heterocycles. The van der Waals surface area contributed by atoms with Crippen LogP contribution in [0.3, 0.4) is 0 Å². The number of aryl methyl sites for hydroxylation is 1. The van der Waals surface area contributed by atoms with Crippen molar-refractivity contribution in [1.29, 1.82) is 0 Å². The Balaban J connectivity index is 1.12. The van der Waals surface area contributed by atoms with Gasteiger partial charge in [0.25, 0.3) is 0 Å². The Kier molecular flexibility index (Phi) is 9.14. The first-order valence-corrected chi connectivity index (χ1v) is 18.0. The molecule has 1 spiro atoms. The van der Waals surface area contributed by atoms with Crippen LogP contribution in [-0.4, -0.2) is 47.9 Å². The molecule has 3 atom stereocenters. The Labute approximate surface area is 283 Å². The van der Waals surface area contributed by atoms with Crippen LogP contribution in [0.5, 0.6) is 11.5 Å². The average molecular weight is 658 g/mol. The highest BCUT2D eigenvalue weighted by molar-refractivity contribution is 6.30. The second kappa shape index (κ2) is 13.3. The van der Waals surface area contributed by atoms with Crippen molar-refractivity contribution in [1.82, 2.24) is 10.3 Å². The van der Waals surface area contributed by atoms with E-state index in [9.17, 15) is 9.90 Å². The van der Waals surface area contributed by atoms with Gasteiger partial charge in [0.1, 0.15) is 17.0 Å². The summed E-state index contributed by atoms with van der Waals surface area (Å²) in [5.41, 5.74) is 4.83. The van der Waals surface area contributed by atoms with E-state index in [1.807, 2.05) is 36.5 Å². The lowest BCUT2D eigenvalue weighted by Gasteiger charge is -2.47. The summed E-state index contributed by atoms with van der Waals surface area (Å²) in [6.07, 6.45) is 9.98. The largest absolute Gasteiger partial charge is 0.493 e. The number of ether oxygens (including phenoxy) is 2. The number of aliphatic carboxylic acids is 1. The first-order valence-electron chi connectivity index (χ1n) is 17.6. The smallest absolute Gasteiger partial charge is 0.329 e. The predicted octanol–water partition coefficient (Wildman–Crippen LogP) is 7.80. The zero-order chi connectivity index (χ0) is 32.6. The van der Waals surface area contributed by atoms with E-state index in [0.29, 0.717) is 48.1 Å². The molecular formula is C39H48ClN3O4. The van der Waals surface area contributed by atoms with Crippen molar-refractivity contribution < 1.29 is 19.4 Å². The summed E-state index contributed by atoms with van der Waals surface area (Å²) in [5.74, 6) is 2.89. The van der Waals surface area contributed by atoms with Crippen LogP contribution in [0.1, 0.15) is 87.1 Å². The lowest BCUT2D eigenvalue weighted by Crippen LogP contribution is -2.53. The lowest BCUT2D eigenvalue weighted by molar-refractivity contribution is -0.144. The number of halogens is 1. The van der Waals surface area contributed by atoms with Crippen LogP contribution in [0.25, 0.3) is 0 Å². The van der Waals surface area contributed by atoms with Crippen LogP contribution in [0.4, 0.5) is 5.69 Å². The molecule has 0 bridgehead atoms. The van der Waals surface area contributed by atoms with Crippen LogP contribution in [0.2, 0.25) is 5.02 Å². The summed E-state index contributed by atoms with van der Waals surface area (Å²) in [5, 5.41) is 17.9. The molecule has 0 unspecified atom stereocenters. The number of fused-ring (bicyclic) bond motifs is 3. The van der Waals surface area contributed by atoms with Gasteiger partial charge in [0.2, 0.25) is 0 Å². The minimum Gasteiger partial charge on any atom is -0.493 e. The van der Waals surface area contributed by atoms with Gasteiger partial charge in [-0.2, -0.15) is 0 Å². The van der Waals surface area contributed by atoms with Crippen LogP contribution >= 0.6 is 11.6 Å². The molecule has 3 N–H and O–H groups in total. The Bertz CT molecular complexity index is 1600. The molecule has 47 heavy (non-hydrogen) atoms. The molecule has 1 saturated carbocycles. The van der Waals surface area contributed by atoms with Crippen LogP contribution < -0.4 is 20.1 Å².